The van der Waals surface area contributed by atoms with Gasteiger partial charge in [-0.05, 0) is 25.4 Å². The Bertz CT molecular complexity index is 435. The van der Waals surface area contributed by atoms with E-state index in [2.05, 4.69) is 4.37 Å². The lowest BCUT2D eigenvalue weighted by molar-refractivity contribution is 0.602. The fraction of sp³-hybridized carbons (Fsp3) is 0.625. The van der Waals surface area contributed by atoms with Crippen LogP contribution in [0.1, 0.15) is 13.8 Å². The van der Waals surface area contributed by atoms with E-state index in [-0.39, 0.29) is 10.7 Å². The second-order valence-corrected chi connectivity index (χ2v) is 5.85. The van der Waals surface area contributed by atoms with Crippen LogP contribution in [-0.2, 0) is 9.84 Å². The Kier molecular flexibility index (Phi) is 3.56. The van der Waals surface area contributed by atoms with Crippen molar-refractivity contribution in [1.29, 1.82) is 0 Å². The van der Waals surface area contributed by atoms with Gasteiger partial charge in [0.15, 0.2) is 15.7 Å². The molecule has 0 aliphatic heterocycles. The Morgan fingerprint density at radius 1 is 1.40 bits per heavy atom. The van der Waals surface area contributed by atoms with E-state index in [1.165, 1.54) is 0 Å². The van der Waals surface area contributed by atoms with E-state index in [4.69, 9.17) is 5.73 Å². The molecule has 0 amide bonds. The monoisotopic (exact) mass is 249 g/mol. The minimum absolute atomic E-state index is 0.101. The summed E-state index contributed by atoms with van der Waals surface area (Å²) in [4.78, 5) is 2.10. The van der Waals surface area contributed by atoms with Gasteiger partial charge in [0.2, 0.25) is 0 Å². The molecule has 0 aliphatic rings. The van der Waals surface area contributed by atoms with Gasteiger partial charge in [0.1, 0.15) is 9.90 Å². The highest BCUT2D eigenvalue weighted by atomic mass is 32.2. The van der Waals surface area contributed by atoms with Crippen molar-refractivity contribution in [2.45, 2.75) is 18.7 Å². The molecule has 1 rings (SSSR count). The van der Waals surface area contributed by atoms with E-state index in [0.717, 1.165) is 30.9 Å². The van der Waals surface area contributed by atoms with Gasteiger partial charge in [-0.1, -0.05) is 0 Å². The summed E-state index contributed by atoms with van der Waals surface area (Å²) in [7, 11) is -3.30. The number of sulfone groups is 1. The summed E-state index contributed by atoms with van der Waals surface area (Å²) in [6.45, 7) is 5.40. The fourth-order valence-corrected chi connectivity index (χ4v) is 3.68. The molecule has 2 N–H and O–H groups in total. The van der Waals surface area contributed by atoms with E-state index in [0.29, 0.717) is 5.00 Å². The van der Waals surface area contributed by atoms with Crippen molar-refractivity contribution in [2.75, 3.05) is 30.0 Å². The molecule has 0 aromatic carbocycles. The van der Waals surface area contributed by atoms with E-state index in [9.17, 15) is 8.42 Å². The van der Waals surface area contributed by atoms with Crippen LogP contribution in [0.2, 0.25) is 0 Å². The van der Waals surface area contributed by atoms with Crippen LogP contribution in [0.25, 0.3) is 0 Å². The maximum absolute atomic E-state index is 11.5. The summed E-state index contributed by atoms with van der Waals surface area (Å²) >= 11 is 1.13. The van der Waals surface area contributed by atoms with Gasteiger partial charge < -0.3 is 10.6 Å². The van der Waals surface area contributed by atoms with E-state index < -0.39 is 9.84 Å². The van der Waals surface area contributed by atoms with Gasteiger partial charge in [-0.25, -0.2) is 8.42 Å². The van der Waals surface area contributed by atoms with Gasteiger partial charge in [-0.3, -0.25) is 0 Å². The second kappa shape index (κ2) is 4.36. The second-order valence-electron chi connectivity index (χ2n) is 3.15. The zero-order valence-corrected chi connectivity index (χ0v) is 10.7. The molecule has 0 saturated carbocycles. The predicted octanol–water partition coefficient (Wildman–Crippen LogP) is 0.975. The summed E-state index contributed by atoms with van der Waals surface area (Å²) in [5.74, 6) is 0.101. The van der Waals surface area contributed by atoms with Crippen molar-refractivity contribution in [3.8, 4) is 0 Å². The van der Waals surface area contributed by atoms with Gasteiger partial charge >= 0.3 is 0 Å². The molecule has 1 heterocycles. The highest BCUT2D eigenvalue weighted by molar-refractivity contribution is 7.91. The molecule has 7 heteroatoms. The predicted molar refractivity (Wildman–Crippen MR) is 63.2 cm³/mol. The van der Waals surface area contributed by atoms with Crippen LogP contribution in [0.3, 0.4) is 0 Å². The molecule has 0 unspecified atom stereocenters. The zero-order valence-electron chi connectivity index (χ0n) is 9.02. The van der Waals surface area contributed by atoms with E-state index >= 15 is 0 Å². The van der Waals surface area contributed by atoms with Crippen molar-refractivity contribution in [3.63, 3.8) is 0 Å². The molecule has 15 heavy (non-hydrogen) atoms. The third-order valence-electron chi connectivity index (χ3n) is 2.08. The summed E-state index contributed by atoms with van der Waals surface area (Å²) in [5.41, 5.74) is 5.57. The van der Waals surface area contributed by atoms with Crippen LogP contribution in [0, 0.1) is 0 Å². The average molecular weight is 249 g/mol. The van der Waals surface area contributed by atoms with Crippen LogP contribution in [0.15, 0.2) is 4.90 Å². The molecule has 1 aromatic heterocycles. The highest BCUT2D eigenvalue weighted by Crippen LogP contribution is 2.34. The van der Waals surface area contributed by atoms with Crippen molar-refractivity contribution in [2.24, 2.45) is 0 Å². The van der Waals surface area contributed by atoms with Crippen LogP contribution in [0.5, 0.6) is 0 Å². The molecule has 0 radical (unpaired) electrons. The maximum atomic E-state index is 11.5. The molecule has 0 bridgehead atoms. The molecule has 1 aromatic rings. The number of nitrogens with zero attached hydrogens (tertiary/aromatic N) is 2. The number of nitrogen functional groups attached to an aromatic ring is 1. The molecule has 0 spiro atoms. The van der Waals surface area contributed by atoms with Crippen LogP contribution in [0.4, 0.5) is 10.8 Å². The standard InChI is InChI=1S/C8H15N3O2S2/c1-4-11(5-2)8-6(15(3,12)13)7(9)10-14-8/h4-5H2,1-3H3,(H2,9,10). The maximum Gasteiger partial charge on any atom is 0.182 e. The number of aromatic nitrogens is 1. The van der Waals surface area contributed by atoms with Crippen molar-refractivity contribution in [3.05, 3.63) is 0 Å². The Morgan fingerprint density at radius 2 is 1.93 bits per heavy atom. The quantitative estimate of drug-likeness (QED) is 0.860. The van der Waals surface area contributed by atoms with Crippen LogP contribution < -0.4 is 10.6 Å². The molecule has 0 aliphatic carbocycles. The largest absolute Gasteiger partial charge is 0.382 e. The summed E-state index contributed by atoms with van der Waals surface area (Å²) in [6, 6.07) is 0. The third kappa shape index (κ3) is 2.40. The van der Waals surface area contributed by atoms with Crippen LogP contribution >= 0.6 is 11.5 Å². The number of hydrogen-bond donors (Lipinski definition) is 1. The lowest BCUT2D eigenvalue weighted by atomic mass is 10.5. The molecular weight excluding hydrogens is 234 g/mol. The normalized spacial score (nSPS) is 11.7. The summed E-state index contributed by atoms with van der Waals surface area (Å²) in [6.07, 6.45) is 1.15. The Balaban J connectivity index is 3.32. The SMILES string of the molecule is CCN(CC)c1snc(N)c1S(C)(=O)=O. The van der Waals surface area contributed by atoms with Gasteiger partial charge in [0.05, 0.1) is 0 Å². The first-order chi connectivity index (χ1) is 6.91. The lowest BCUT2D eigenvalue weighted by Gasteiger charge is -2.19. The average Bonchev–Trinajstić information content (AvgIpc) is 2.49. The summed E-state index contributed by atoms with van der Waals surface area (Å²) < 4.78 is 27.0. The zero-order chi connectivity index (χ0) is 11.6. The number of anilines is 2. The molecule has 0 atom stereocenters. The fourth-order valence-electron chi connectivity index (χ4n) is 1.35. The van der Waals surface area contributed by atoms with E-state index in [1.807, 2.05) is 18.7 Å². The molecular formula is C8H15N3O2S2. The minimum atomic E-state index is -3.30. The minimum Gasteiger partial charge on any atom is -0.382 e. The van der Waals surface area contributed by atoms with Crippen molar-refractivity contribution in [1.82, 2.24) is 4.37 Å². The lowest BCUT2D eigenvalue weighted by Crippen LogP contribution is -2.22. The topological polar surface area (TPSA) is 76.3 Å². The Morgan fingerprint density at radius 3 is 2.33 bits per heavy atom. The van der Waals surface area contributed by atoms with Crippen molar-refractivity contribution < 1.29 is 8.42 Å². The first-order valence-electron chi connectivity index (χ1n) is 4.61. The Hall–Kier alpha value is -0.820. The number of hydrogen-bond acceptors (Lipinski definition) is 6. The summed E-state index contributed by atoms with van der Waals surface area (Å²) in [5, 5.41) is 0.639. The molecule has 5 nitrogen and oxygen atoms in total. The van der Waals surface area contributed by atoms with Crippen LogP contribution in [-0.4, -0.2) is 32.1 Å². The number of rotatable bonds is 4. The first kappa shape index (κ1) is 12.3. The van der Waals surface area contributed by atoms with Gasteiger partial charge in [-0.2, -0.15) is 4.37 Å². The molecule has 0 saturated heterocycles. The third-order valence-corrected chi connectivity index (χ3v) is 4.28. The first-order valence-corrected chi connectivity index (χ1v) is 7.28. The van der Waals surface area contributed by atoms with Gasteiger partial charge in [0.25, 0.3) is 0 Å². The molecule has 0 fully saturated rings. The van der Waals surface area contributed by atoms with Gasteiger partial charge in [-0.15, -0.1) is 0 Å². The highest BCUT2D eigenvalue weighted by Gasteiger charge is 2.23. The molecule has 86 valence electrons. The number of nitrogens with two attached hydrogens (primary N) is 1. The van der Waals surface area contributed by atoms with E-state index in [1.54, 1.807) is 0 Å². The van der Waals surface area contributed by atoms with Gasteiger partial charge in [0, 0.05) is 19.3 Å². The smallest absolute Gasteiger partial charge is 0.182 e. The van der Waals surface area contributed by atoms with Crippen molar-refractivity contribution >= 4 is 32.2 Å². The Labute approximate surface area is 94.0 Å².